The molecule has 1 N–H and O–H groups in total. The molecule has 4 rings (SSSR count). The summed E-state index contributed by atoms with van der Waals surface area (Å²) in [4.78, 5) is 0. The normalized spacial score (nSPS) is 45.2. The van der Waals surface area contributed by atoms with Crippen molar-refractivity contribution >= 4 is 0 Å². The zero-order chi connectivity index (χ0) is 21.0. The van der Waals surface area contributed by atoms with E-state index < -0.39 is 0 Å². The predicted octanol–water partition coefficient (Wildman–Crippen LogP) is 7.55. The van der Waals surface area contributed by atoms with Gasteiger partial charge in [0.2, 0.25) is 0 Å². The maximum atomic E-state index is 10.2. The first-order valence-corrected chi connectivity index (χ1v) is 12.7. The van der Waals surface area contributed by atoms with Gasteiger partial charge < -0.3 is 5.11 Å². The Labute approximate surface area is 180 Å². The second-order valence-corrected chi connectivity index (χ2v) is 12.2. The van der Waals surface area contributed by atoms with E-state index in [1.165, 1.54) is 51.4 Å². The van der Waals surface area contributed by atoms with Crippen LogP contribution < -0.4 is 0 Å². The van der Waals surface area contributed by atoms with E-state index in [0.717, 1.165) is 48.3 Å². The van der Waals surface area contributed by atoms with Crippen molar-refractivity contribution in [3.05, 3.63) is 23.8 Å². The van der Waals surface area contributed by atoms with Crippen LogP contribution in [-0.2, 0) is 0 Å². The summed E-state index contributed by atoms with van der Waals surface area (Å²) < 4.78 is 0. The number of rotatable bonds is 5. The lowest BCUT2D eigenvalue weighted by Gasteiger charge is -2.58. The molecule has 1 nitrogen and oxygen atoms in total. The van der Waals surface area contributed by atoms with Crippen molar-refractivity contribution in [1.82, 2.24) is 0 Å². The monoisotopic (exact) mass is 398 g/mol. The van der Waals surface area contributed by atoms with E-state index in [-0.39, 0.29) is 6.10 Å². The first kappa shape index (κ1) is 21.7. The molecule has 0 amide bonds. The van der Waals surface area contributed by atoms with Gasteiger partial charge in [-0.3, -0.25) is 0 Å². The SMILES string of the molecule is C=C(CCC(C)C(C)C)[C@H]1CC[C@H]2[C@@H]3CC=C4C[C@@H](O)CC[C@]4(C)[C@H]3CC[C@]12C. The molecular weight excluding hydrogens is 352 g/mol. The summed E-state index contributed by atoms with van der Waals surface area (Å²) in [5, 5.41) is 10.2. The lowest BCUT2D eigenvalue weighted by molar-refractivity contribution is -0.0457. The van der Waals surface area contributed by atoms with E-state index in [0.29, 0.717) is 10.8 Å². The highest BCUT2D eigenvalue weighted by atomic mass is 16.3. The van der Waals surface area contributed by atoms with E-state index in [9.17, 15) is 5.11 Å². The van der Waals surface area contributed by atoms with Crippen molar-refractivity contribution in [3.8, 4) is 0 Å². The average Bonchev–Trinajstić information content (AvgIpc) is 3.03. The minimum Gasteiger partial charge on any atom is -0.393 e. The molecule has 4 aliphatic rings. The average molecular weight is 399 g/mol. The molecular formula is C28H46O. The number of aliphatic hydroxyl groups excluding tert-OH is 1. The quantitative estimate of drug-likeness (QED) is 0.474. The first-order chi connectivity index (χ1) is 13.7. The molecule has 0 saturated heterocycles. The van der Waals surface area contributed by atoms with E-state index in [4.69, 9.17) is 0 Å². The smallest absolute Gasteiger partial charge is 0.0577 e. The fourth-order valence-electron chi connectivity index (χ4n) is 8.23. The number of hydrogen-bond donors (Lipinski definition) is 1. The van der Waals surface area contributed by atoms with Gasteiger partial charge in [-0.05, 0) is 111 Å². The molecule has 164 valence electrons. The fourth-order valence-corrected chi connectivity index (χ4v) is 8.23. The number of hydrogen-bond acceptors (Lipinski definition) is 1. The van der Waals surface area contributed by atoms with Crippen LogP contribution in [0.3, 0.4) is 0 Å². The Hall–Kier alpha value is -0.560. The predicted molar refractivity (Wildman–Crippen MR) is 124 cm³/mol. The van der Waals surface area contributed by atoms with Crippen LogP contribution in [0.2, 0.25) is 0 Å². The van der Waals surface area contributed by atoms with Crippen molar-refractivity contribution in [2.24, 2.45) is 46.3 Å². The number of allylic oxidation sites excluding steroid dienone is 2. The van der Waals surface area contributed by atoms with Crippen molar-refractivity contribution in [2.45, 2.75) is 105 Å². The molecule has 1 unspecified atom stereocenters. The Balaban J connectivity index is 1.49. The van der Waals surface area contributed by atoms with E-state index in [1.54, 1.807) is 11.1 Å². The Bertz CT molecular complexity index is 659. The van der Waals surface area contributed by atoms with E-state index >= 15 is 0 Å². The van der Waals surface area contributed by atoms with Crippen LogP contribution in [-0.4, -0.2) is 11.2 Å². The van der Waals surface area contributed by atoms with Gasteiger partial charge in [0.05, 0.1) is 6.10 Å². The highest BCUT2D eigenvalue weighted by molar-refractivity contribution is 5.26. The van der Waals surface area contributed by atoms with Crippen LogP contribution in [0.15, 0.2) is 23.8 Å². The summed E-state index contributed by atoms with van der Waals surface area (Å²) in [6.07, 6.45) is 15.0. The van der Waals surface area contributed by atoms with Gasteiger partial charge >= 0.3 is 0 Å². The zero-order valence-corrected chi connectivity index (χ0v) is 19.8. The highest BCUT2D eigenvalue weighted by Crippen LogP contribution is 2.67. The second kappa shape index (κ2) is 7.85. The molecule has 0 bridgehead atoms. The van der Waals surface area contributed by atoms with Crippen LogP contribution in [0.4, 0.5) is 0 Å². The molecule has 4 aliphatic carbocycles. The Morgan fingerprint density at radius 1 is 1.10 bits per heavy atom. The van der Waals surface area contributed by atoms with Crippen LogP contribution >= 0.6 is 0 Å². The molecule has 0 aliphatic heterocycles. The van der Waals surface area contributed by atoms with Crippen LogP contribution in [0.1, 0.15) is 98.8 Å². The summed E-state index contributed by atoms with van der Waals surface area (Å²) in [6.45, 7) is 17.0. The molecule has 1 heteroatoms. The molecule has 8 atom stereocenters. The minimum absolute atomic E-state index is 0.0906. The molecule has 29 heavy (non-hydrogen) atoms. The molecule has 0 aromatic rings. The van der Waals surface area contributed by atoms with Crippen molar-refractivity contribution in [3.63, 3.8) is 0 Å². The van der Waals surface area contributed by atoms with Gasteiger partial charge in [-0.25, -0.2) is 0 Å². The Kier molecular flexibility index (Phi) is 5.86. The van der Waals surface area contributed by atoms with Crippen LogP contribution in [0.25, 0.3) is 0 Å². The lowest BCUT2D eigenvalue weighted by atomic mass is 9.47. The fraction of sp³-hybridized carbons (Fsp3) is 0.857. The standard InChI is InChI=1S/C28H46O/c1-18(2)19(3)7-8-20(4)24-11-12-25-23-10-9-21-17-22(29)13-15-27(21,5)26(23)14-16-28(24,25)6/h9,18-19,22-26,29H,4,7-8,10-17H2,1-3,5-6H3/t19?,22-,23-,24+,25-,26-,27-,28+/m0/s1. The minimum atomic E-state index is -0.0906. The third-order valence-electron chi connectivity index (χ3n) is 10.6. The molecule has 3 saturated carbocycles. The largest absolute Gasteiger partial charge is 0.393 e. The second-order valence-electron chi connectivity index (χ2n) is 12.2. The highest BCUT2D eigenvalue weighted by Gasteiger charge is 2.58. The summed E-state index contributed by atoms with van der Waals surface area (Å²) in [6, 6.07) is 0. The summed E-state index contributed by atoms with van der Waals surface area (Å²) in [5.74, 6) is 4.93. The maximum absolute atomic E-state index is 10.2. The van der Waals surface area contributed by atoms with Gasteiger partial charge in [-0.15, -0.1) is 0 Å². The van der Waals surface area contributed by atoms with Gasteiger partial charge in [0.1, 0.15) is 0 Å². The molecule has 0 radical (unpaired) electrons. The zero-order valence-electron chi connectivity index (χ0n) is 19.8. The van der Waals surface area contributed by atoms with Crippen LogP contribution in [0.5, 0.6) is 0 Å². The van der Waals surface area contributed by atoms with Crippen LogP contribution in [0, 0.1) is 46.3 Å². The Morgan fingerprint density at radius 2 is 1.86 bits per heavy atom. The molecule has 0 aromatic carbocycles. The lowest BCUT2D eigenvalue weighted by Crippen LogP contribution is -2.50. The topological polar surface area (TPSA) is 20.2 Å². The summed E-state index contributed by atoms with van der Waals surface area (Å²) >= 11 is 0. The number of aliphatic hydroxyl groups is 1. The van der Waals surface area contributed by atoms with Gasteiger partial charge in [0, 0.05) is 0 Å². The van der Waals surface area contributed by atoms with Gasteiger partial charge in [-0.2, -0.15) is 0 Å². The molecule has 3 fully saturated rings. The summed E-state index contributed by atoms with van der Waals surface area (Å²) in [7, 11) is 0. The maximum Gasteiger partial charge on any atom is 0.0577 e. The van der Waals surface area contributed by atoms with E-state index in [1.807, 2.05) is 0 Å². The molecule has 0 aromatic heterocycles. The van der Waals surface area contributed by atoms with Crippen molar-refractivity contribution in [1.29, 1.82) is 0 Å². The summed E-state index contributed by atoms with van der Waals surface area (Å²) in [5.41, 5.74) is 4.02. The van der Waals surface area contributed by atoms with Gasteiger partial charge in [0.25, 0.3) is 0 Å². The van der Waals surface area contributed by atoms with Gasteiger partial charge in [-0.1, -0.05) is 58.4 Å². The Morgan fingerprint density at radius 3 is 2.59 bits per heavy atom. The molecule has 0 spiro atoms. The van der Waals surface area contributed by atoms with Gasteiger partial charge in [0.15, 0.2) is 0 Å². The molecule has 0 heterocycles. The number of fused-ring (bicyclic) bond motifs is 5. The third-order valence-corrected chi connectivity index (χ3v) is 10.6. The first-order valence-electron chi connectivity index (χ1n) is 12.7. The van der Waals surface area contributed by atoms with E-state index in [2.05, 4.69) is 47.3 Å². The van der Waals surface area contributed by atoms with Crippen molar-refractivity contribution in [2.75, 3.05) is 0 Å². The van der Waals surface area contributed by atoms with Crippen molar-refractivity contribution < 1.29 is 5.11 Å². The third kappa shape index (κ3) is 3.58.